The van der Waals surface area contributed by atoms with Crippen LogP contribution in [0.3, 0.4) is 0 Å². The molecule has 1 aromatic rings. The first kappa shape index (κ1) is 18.3. The van der Waals surface area contributed by atoms with Crippen molar-refractivity contribution in [3.05, 3.63) is 29.8 Å². The van der Waals surface area contributed by atoms with Crippen molar-refractivity contribution < 1.29 is 18.4 Å². The summed E-state index contributed by atoms with van der Waals surface area (Å²) in [6, 6.07) is 3.10. The lowest BCUT2D eigenvalue weighted by molar-refractivity contribution is -0.125. The number of hydrogen-bond acceptors (Lipinski definition) is 3. The zero-order valence-electron chi connectivity index (χ0n) is 13.6. The number of carbonyl (C=O) groups excluding carboxylic acids is 2. The van der Waals surface area contributed by atoms with E-state index in [2.05, 4.69) is 15.5 Å². The molecule has 2 N–H and O–H groups in total. The number of hydrogen-bond donors (Lipinski definition) is 2. The molecule has 1 fully saturated rings. The average molecular weight is 339 g/mol. The van der Waals surface area contributed by atoms with Gasteiger partial charge in [0.1, 0.15) is 0 Å². The fraction of sp³-hybridized carbons (Fsp3) is 0.529. The van der Waals surface area contributed by atoms with Crippen LogP contribution >= 0.6 is 0 Å². The van der Waals surface area contributed by atoms with Crippen LogP contribution in [0.1, 0.15) is 32.1 Å². The standard InChI is InChI=1S/C17H23F2N3O2/c18-14-7-6-13(10-15(14)19)21-16(23)11-20-17(24)12-22-8-4-2-1-3-5-9-22/h6-7,10H,1-5,8-9,11-12H2,(H,20,24)(H,21,23). The topological polar surface area (TPSA) is 61.4 Å². The van der Waals surface area contributed by atoms with E-state index in [1.165, 1.54) is 25.3 Å². The number of nitrogens with zero attached hydrogens (tertiary/aromatic N) is 1. The molecule has 0 aliphatic carbocycles. The Morgan fingerprint density at radius 2 is 1.62 bits per heavy atom. The number of anilines is 1. The second-order valence-electron chi connectivity index (χ2n) is 6.00. The third-order valence-electron chi connectivity index (χ3n) is 3.97. The van der Waals surface area contributed by atoms with E-state index in [9.17, 15) is 18.4 Å². The third kappa shape index (κ3) is 6.23. The summed E-state index contributed by atoms with van der Waals surface area (Å²) < 4.78 is 25.9. The Morgan fingerprint density at radius 1 is 0.958 bits per heavy atom. The van der Waals surface area contributed by atoms with Crippen LogP contribution in [-0.4, -0.2) is 42.9 Å². The summed E-state index contributed by atoms with van der Waals surface area (Å²) in [6.45, 7) is 1.87. The summed E-state index contributed by atoms with van der Waals surface area (Å²) in [5, 5.41) is 4.96. The molecule has 0 bridgehead atoms. The first-order chi connectivity index (χ1) is 11.5. The molecule has 0 aromatic heterocycles. The minimum atomic E-state index is -1.03. The van der Waals surface area contributed by atoms with Gasteiger partial charge in [-0.3, -0.25) is 14.5 Å². The van der Waals surface area contributed by atoms with Crippen molar-refractivity contribution in [1.29, 1.82) is 0 Å². The predicted octanol–water partition coefficient (Wildman–Crippen LogP) is 2.29. The van der Waals surface area contributed by atoms with Crippen molar-refractivity contribution in [2.24, 2.45) is 0 Å². The fourth-order valence-corrected chi connectivity index (χ4v) is 2.69. The molecule has 1 aromatic carbocycles. The van der Waals surface area contributed by atoms with Crippen LogP contribution in [-0.2, 0) is 9.59 Å². The molecule has 1 aliphatic heterocycles. The van der Waals surface area contributed by atoms with Gasteiger partial charge in [-0.2, -0.15) is 0 Å². The second kappa shape index (κ2) is 9.32. The summed E-state index contributed by atoms with van der Waals surface area (Å²) in [5.74, 6) is -2.71. The zero-order valence-corrected chi connectivity index (χ0v) is 13.6. The van der Waals surface area contributed by atoms with E-state index in [0.717, 1.165) is 38.1 Å². The Bertz CT molecular complexity index is 573. The molecule has 132 valence electrons. The summed E-state index contributed by atoms with van der Waals surface area (Å²) >= 11 is 0. The Morgan fingerprint density at radius 3 is 2.29 bits per heavy atom. The summed E-state index contributed by atoms with van der Waals surface area (Å²) in [5.41, 5.74) is 0.150. The van der Waals surface area contributed by atoms with Crippen LogP contribution < -0.4 is 10.6 Å². The number of halogens is 2. The molecular weight excluding hydrogens is 316 g/mol. The number of carbonyl (C=O) groups is 2. The van der Waals surface area contributed by atoms with Crippen LogP contribution in [0.25, 0.3) is 0 Å². The highest BCUT2D eigenvalue weighted by atomic mass is 19.2. The number of amides is 2. The van der Waals surface area contributed by atoms with E-state index in [1.807, 2.05) is 0 Å². The molecule has 0 unspecified atom stereocenters. The number of nitrogens with one attached hydrogen (secondary N) is 2. The van der Waals surface area contributed by atoms with Gasteiger partial charge in [0.15, 0.2) is 11.6 Å². The lowest BCUT2D eigenvalue weighted by Gasteiger charge is -2.23. The summed E-state index contributed by atoms with van der Waals surface area (Å²) in [7, 11) is 0. The minimum absolute atomic E-state index is 0.150. The van der Waals surface area contributed by atoms with Crippen molar-refractivity contribution in [2.45, 2.75) is 32.1 Å². The Kier molecular flexibility index (Phi) is 7.11. The molecule has 0 spiro atoms. The summed E-state index contributed by atoms with van der Waals surface area (Å²) in [4.78, 5) is 25.8. The van der Waals surface area contributed by atoms with E-state index in [4.69, 9.17) is 0 Å². The van der Waals surface area contributed by atoms with Gasteiger partial charge in [0.2, 0.25) is 11.8 Å². The van der Waals surface area contributed by atoms with E-state index in [1.54, 1.807) is 0 Å². The SMILES string of the molecule is O=C(CN1CCCCCCC1)NCC(=O)Nc1ccc(F)c(F)c1. The smallest absolute Gasteiger partial charge is 0.243 e. The number of rotatable bonds is 5. The Hall–Kier alpha value is -2.02. The minimum Gasteiger partial charge on any atom is -0.346 e. The molecule has 0 saturated carbocycles. The largest absolute Gasteiger partial charge is 0.346 e. The lowest BCUT2D eigenvalue weighted by atomic mass is 10.1. The van der Waals surface area contributed by atoms with Crippen molar-refractivity contribution in [3.63, 3.8) is 0 Å². The molecule has 0 radical (unpaired) electrons. The van der Waals surface area contributed by atoms with Crippen LogP contribution in [0.2, 0.25) is 0 Å². The maximum absolute atomic E-state index is 13.1. The quantitative estimate of drug-likeness (QED) is 0.865. The van der Waals surface area contributed by atoms with Gasteiger partial charge in [0.05, 0.1) is 13.1 Å². The first-order valence-corrected chi connectivity index (χ1v) is 8.28. The van der Waals surface area contributed by atoms with Crippen molar-refractivity contribution in [2.75, 3.05) is 31.5 Å². The van der Waals surface area contributed by atoms with Gasteiger partial charge in [0.25, 0.3) is 0 Å². The van der Waals surface area contributed by atoms with Crippen molar-refractivity contribution in [1.82, 2.24) is 10.2 Å². The maximum Gasteiger partial charge on any atom is 0.243 e. The monoisotopic (exact) mass is 339 g/mol. The van der Waals surface area contributed by atoms with Gasteiger partial charge >= 0.3 is 0 Å². The van der Waals surface area contributed by atoms with E-state index >= 15 is 0 Å². The third-order valence-corrected chi connectivity index (χ3v) is 3.97. The molecule has 2 amide bonds. The molecule has 2 rings (SSSR count). The molecule has 1 heterocycles. The van der Waals surface area contributed by atoms with Gasteiger partial charge in [-0.05, 0) is 38.1 Å². The van der Waals surface area contributed by atoms with Crippen molar-refractivity contribution in [3.8, 4) is 0 Å². The normalized spacial score (nSPS) is 16.1. The fourth-order valence-electron chi connectivity index (χ4n) is 2.69. The first-order valence-electron chi connectivity index (χ1n) is 8.28. The molecular formula is C17H23F2N3O2. The molecule has 1 saturated heterocycles. The highest BCUT2D eigenvalue weighted by Crippen LogP contribution is 2.13. The molecule has 5 nitrogen and oxygen atoms in total. The van der Waals surface area contributed by atoms with Gasteiger partial charge in [-0.1, -0.05) is 19.3 Å². The predicted molar refractivity (Wildman–Crippen MR) is 87.5 cm³/mol. The molecule has 0 atom stereocenters. The van der Waals surface area contributed by atoms with Gasteiger partial charge < -0.3 is 10.6 Å². The molecule has 1 aliphatic rings. The Balaban J connectivity index is 1.72. The number of likely N-dealkylation sites (tertiary alicyclic amines) is 1. The molecule has 24 heavy (non-hydrogen) atoms. The number of benzene rings is 1. The highest BCUT2D eigenvalue weighted by Gasteiger charge is 2.13. The Labute approximate surface area is 140 Å². The van der Waals surface area contributed by atoms with E-state index in [0.29, 0.717) is 0 Å². The van der Waals surface area contributed by atoms with Crippen LogP contribution in [0, 0.1) is 11.6 Å². The van der Waals surface area contributed by atoms with Gasteiger partial charge in [0, 0.05) is 11.8 Å². The van der Waals surface area contributed by atoms with Crippen molar-refractivity contribution >= 4 is 17.5 Å². The van der Waals surface area contributed by atoms with E-state index < -0.39 is 17.5 Å². The lowest BCUT2D eigenvalue weighted by Crippen LogP contribution is -2.41. The second-order valence-corrected chi connectivity index (χ2v) is 6.00. The average Bonchev–Trinajstić information content (AvgIpc) is 2.51. The van der Waals surface area contributed by atoms with Crippen LogP contribution in [0.15, 0.2) is 18.2 Å². The van der Waals surface area contributed by atoms with Gasteiger partial charge in [-0.25, -0.2) is 8.78 Å². The van der Waals surface area contributed by atoms with Gasteiger partial charge in [-0.15, -0.1) is 0 Å². The van der Waals surface area contributed by atoms with Crippen LogP contribution in [0.4, 0.5) is 14.5 Å². The molecule has 7 heteroatoms. The highest BCUT2D eigenvalue weighted by molar-refractivity contribution is 5.94. The maximum atomic E-state index is 13.1. The van der Waals surface area contributed by atoms with E-state index in [-0.39, 0.29) is 24.7 Å². The van der Waals surface area contributed by atoms with Crippen LogP contribution in [0.5, 0.6) is 0 Å². The zero-order chi connectivity index (χ0) is 17.4. The summed E-state index contributed by atoms with van der Waals surface area (Å²) in [6.07, 6.45) is 5.81.